The molecule has 9 nitrogen and oxygen atoms in total. The molecule has 0 unspecified atom stereocenters. The molecule has 254 valence electrons. The number of carbonyl (C=O) groups is 3. The minimum Gasteiger partial charge on any atom is -0.458 e. The van der Waals surface area contributed by atoms with Crippen molar-refractivity contribution >= 4 is 17.8 Å². The largest absolute Gasteiger partial charge is 0.458 e. The van der Waals surface area contributed by atoms with Crippen molar-refractivity contribution in [2.45, 2.75) is 149 Å². The van der Waals surface area contributed by atoms with Crippen LogP contribution >= 0.6 is 0 Å². The zero-order valence-corrected chi connectivity index (χ0v) is 28.5. The minimum absolute atomic E-state index is 0.0883. The molecule has 0 heterocycles. The molecule has 4 N–H and O–H groups in total. The number of fused-ring (bicyclic) bond motifs is 3. The maximum atomic E-state index is 14.8. The number of rotatable bonds is 14. The molecule has 8 atom stereocenters. The molecule has 2 bridgehead atoms. The van der Waals surface area contributed by atoms with Gasteiger partial charge in [0.05, 0.1) is 12.0 Å². The van der Waals surface area contributed by atoms with Gasteiger partial charge in [-0.1, -0.05) is 91.2 Å². The highest BCUT2D eigenvalue weighted by molar-refractivity contribution is 5.96. The topological polar surface area (TPSA) is 142 Å². The molecule has 0 aliphatic heterocycles. The van der Waals surface area contributed by atoms with Crippen LogP contribution in [0.3, 0.4) is 0 Å². The van der Waals surface area contributed by atoms with Crippen LogP contribution in [0.15, 0.2) is 23.3 Å². The summed E-state index contributed by atoms with van der Waals surface area (Å²) in [7, 11) is 0. The van der Waals surface area contributed by atoms with E-state index in [0.717, 1.165) is 19.3 Å². The number of carbonyl (C=O) groups excluding carboxylic acids is 3. The molecular formula is C36H57NO8. The second kappa shape index (κ2) is 13.5. The fraction of sp³-hybridized carbons (Fsp3) is 0.806. The Balaban J connectivity index is 1.59. The van der Waals surface area contributed by atoms with Crippen molar-refractivity contribution in [2.24, 2.45) is 28.6 Å². The SMILES string of the molecule is CCCCCCCCCCCC(=O)O[C@@]12C[C@@H](C)[C@]34C=C(C)[C@H](OC(=O)NC(C)C)[C@@]3(O)[C@H](O)C(CO)=C[C@H](C4=O)[C@@H]1C2(C)C. The number of ether oxygens (including phenoxy) is 2. The summed E-state index contributed by atoms with van der Waals surface area (Å²) < 4.78 is 12.1. The third-order valence-electron chi connectivity index (χ3n) is 11.4. The number of allylic oxidation sites excluding steroid dienone is 1. The van der Waals surface area contributed by atoms with Crippen molar-refractivity contribution in [3.8, 4) is 0 Å². The predicted molar refractivity (Wildman–Crippen MR) is 171 cm³/mol. The molecule has 0 aromatic carbocycles. The number of aliphatic hydroxyl groups excluding tert-OH is 2. The highest BCUT2D eigenvalue weighted by Crippen LogP contribution is 2.75. The Hall–Kier alpha value is -2.23. The molecule has 0 saturated heterocycles. The van der Waals surface area contributed by atoms with Crippen molar-refractivity contribution in [1.29, 1.82) is 0 Å². The first-order valence-electron chi connectivity index (χ1n) is 17.3. The van der Waals surface area contributed by atoms with E-state index in [1.54, 1.807) is 32.9 Å². The van der Waals surface area contributed by atoms with Crippen LogP contribution in [-0.2, 0) is 19.1 Å². The van der Waals surface area contributed by atoms with Crippen LogP contribution in [0.1, 0.15) is 119 Å². The monoisotopic (exact) mass is 631 g/mol. The molecular weight excluding hydrogens is 574 g/mol. The van der Waals surface area contributed by atoms with Crippen LogP contribution in [0, 0.1) is 28.6 Å². The quantitative estimate of drug-likeness (QED) is 0.111. The molecule has 1 amide bonds. The van der Waals surface area contributed by atoms with E-state index in [1.807, 2.05) is 20.8 Å². The summed E-state index contributed by atoms with van der Waals surface area (Å²) in [5.41, 5.74) is -4.88. The number of nitrogens with one attached hydrogen (secondary N) is 1. The average Bonchev–Trinajstić information content (AvgIpc) is 3.36. The van der Waals surface area contributed by atoms with Gasteiger partial charge in [-0.3, -0.25) is 9.59 Å². The van der Waals surface area contributed by atoms with Crippen LogP contribution in [0.5, 0.6) is 0 Å². The molecule has 2 fully saturated rings. The van der Waals surface area contributed by atoms with Crippen molar-refractivity contribution in [3.63, 3.8) is 0 Å². The van der Waals surface area contributed by atoms with E-state index in [9.17, 15) is 29.7 Å². The van der Waals surface area contributed by atoms with Crippen LogP contribution in [0.4, 0.5) is 4.79 Å². The van der Waals surface area contributed by atoms with Gasteiger partial charge in [0.15, 0.2) is 17.5 Å². The highest BCUT2D eigenvalue weighted by atomic mass is 16.6. The maximum Gasteiger partial charge on any atom is 0.408 e. The number of esters is 1. The van der Waals surface area contributed by atoms with E-state index in [4.69, 9.17) is 9.47 Å². The number of Topliss-reactive ketones (excluding diaryl/α,β-unsaturated/α-hetero) is 1. The van der Waals surface area contributed by atoms with Gasteiger partial charge in [-0.15, -0.1) is 0 Å². The molecule has 45 heavy (non-hydrogen) atoms. The highest BCUT2D eigenvalue weighted by Gasteiger charge is 2.83. The van der Waals surface area contributed by atoms with Gasteiger partial charge in [-0.25, -0.2) is 4.79 Å². The van der Waals surface area contributed by atoms with Crippen molar-refractivity contribution in [2.75, 3.05) is 6.61 Å². The Bertz CT molecular complexity index is 1190. The third-order valence-corrected chi connectivity index (χ3v) is 11.4. The predicted octanol–water partition coefficient (Wildman–Crippen LogP) is 5.54. The molecule has 0 aromatic rings. The lowest BCUT2D eigenvalue weighted by Crippen LogP contribution is -2.66. The Kier molecular flexibility index (Phi) is 10.7. The smallest absolute Gasteiger partial charge is 0.408 e. The fourth-order valence-electron chi connectivity index (χ4n) is 9.10. The maximum absolute atomic E-state index is 14.8. The Morgan fingerprint density at radius 1 is 1.07 bits per heavy atom. The van der Waals surface area contributed by atoms with Crippen LogP contribution in [0.25, 0.3) is 0 Å². The average molecular weight is 632 g/mol. The van der Waals surface area contributed by atoms with Crippen molar-refractivity contribution in [1.82, 2.24) is 5.32 Å². The first-order chi connectivity index (χ1) is 21.1. The Morgan fingerprint density at radius 3 is 2.24 bits per heavy atom. The summed E-state index contributed by atoms with van der Waals surface area (Å²) in [4.78, 5) is 40.9. The zero-order chi connectivity index (χ0) is 33.4. The number of unbranched alkanes of at least 4 members (excludes halogenated alkanes) is 8. The molecule has 2 saturated carbocycles. The van der Waals surface area contributed by atoms with Gasteiger partial charge in [-0.2, -0.15) is 0 Å². The van der Waals surface area contributed by atoms with E-state index >= 15 is 0 Å². The lowest BCUT2D eigenvalue weighted by Gasteiger charge is -2.49. The summed E-state index contributed by atoms with van der Waals surface area (Å²) in [5, 5.41) is 37.4. The van der Waals surface area contributed by atoms with E-state index in [0.29, 0.717) is 18.4 Å². The van der Waals surface area contributed by atoms with E-state index in [-0.39, 0.29) is 23.4 Å². The van der Waals surface area contributed by atoms with Gasteiger partial charge in [-0.05, 0) is 50.7 Å². The molecule has 9 heteroatoms. The third kappa shape index (κ3) is 5.91. The second-order valence-electron chi connectivity index (χ2n) is 15.1. The number of hydrogen-bond donors (Lipinski definition) is 4. The summed E-state index contributed by atoms with van der Waals surface area (Å²) in [6.45, 7) is 12.7. The molecule has 4 aliphatic rings. The lowest BCUT2D eigenvalue weighted by atomic mass is 9.59. The fourth-order valence-corrected chi connectivity index (χ4v) is 9.10. The minimum atomic E-state index is -2.27. The van der Waals surface area contributed by atoms with Crippen molar-refractivity contribution in [3.05, 3.63) is 23.3 Å². The normalized spacial score (nSPS) is 36.2. The number of aliphatic hydroxyl groups is 3. The molecule has 1 spiro atoms. The Labute approximate surface area is 269 Å². The summed E-state index contributed by atoms with van der Waals surface area (Å²) >= 11 is 0. The number of alkyl carbamates (subject to hydrolysis) is 1. The van der Waals surface area contributed by atoms with Crippen LogP contribution in [-0.4, -0.2) is 69.2 Å². The summed E-state index contributed by atoms with van der Waals surface area (Å²) in [5.74, 6) is -2.43. The summed E-state index contributed by atoms with van der Waals surface area (Å²) in [6.07, 6.45) is 10.3. The standard InChI is InChI=1S/C36H57NO8/c1-8-9-10-11-12-13-14-15-16-17-27(39)45-35-20-24(5)34-19-23(4)31(44-32(42)37-22(2)3)36(34,43)29(40)25(21-38)18-26(30(34)41)28(35)33(35,6)7/h18-19,22,24,26,28-29,31,38,40,43H,8-17,20-21H2,1-7H3,(H,37,42)/t24-,26+,28-,29-,31+,34+,35+,36+/m1/s1. The number of ketones is 1. The van der Waals surface area contributed by atoms with E-state index in [2.05, 4.69) is 12.2 Å². The summed E-state index contributed by atoms with van der Waals surface area (Å²) in [6, 6.07) is -0.235. The van der Waals surface area contributed by atoms with Crippen molar-refractivity contribution < 1.29 is 39.2 Å². The zero-order valence-electron chi connectivity index (χ0n) is 28.5. The molecule has 4 rings (SSSR count). The number of hydrogen-bond acceptors (Lipinski definition) is 8. The Morgan fingerprint density at radius 2 is 1.67 bits per heavy atom. The first kappa shape index (κ1) is 35.6. The van der Waals surface area contributed by atoms with Crippen LogP contribution < -0.4 is 5.32 Å². The van der Waals surface area contributed by atoms with E-state index < -0.39 is 64.7 Å². The van der Waals surface area contributed by atoms with E-state index in [1.165, 1.54) is 38.5 Å². The van der Waals surface area contributed by atoms with Gasteiger partial charge in [0, 0.05) is 29.7 Å². The molecule has 0 radical (unpaired) electrons. The van der Waals surface area contributed by atoms with Gasteiger partial charge in [0.1, 0.15) is 11.7 Å². The van der Waals surface area contributed by atoms with Gasteiger partial charge >= 0.3 is 12.1 Å². The van der Waals surface area contributed by atoms with Crippen LogP contribution in [0.2, 0.25) is 0 Å². The molecule has 4 aliphatic carbocycles. The van der Waals surface area contributed by atoms with Gasteiger partial charge in [0.25, 0.3) is 0 Å². The number of amides is 1. The first-order valence-corrected chi connectivity index (χ1v) is 17.3. The second-order valence-corrected chi connectivity index (χ2v) is 15.1. The lowest BCUT2D eigenvalue weighted by molar-refractivity contribution is -0.192. The van der Waals surface area contributed by atoms with Gasteiger partial charge in [0.2, 0.25) is 0 Å². The van der Waals surface area contributed by atoms with Gasteiger partial charge < -0.3 is 30.1 Å². The molecule has 0 aromatic heterocycles.